The van der Waals surface area contributed by atoms with Crippen LogP contribution in [0.4, 0.5) is 4.39 Å². The van der Waals surface area contributed by atoms with Crippen molar-refractivity contribution in [3.05, 3.63) is 65.4 Å². The third kappa shape index (κ3) is 7.53. The number of aliphatic imine (C=N–C) groups is 1. The van der Waals surface area contributed by atoms with E-state index in [1.54, 1.807) is 25.4 Å². The number of nitrogens with zero attached hydrogens (tertiary/aromatic N) is 3. The molecule has 0 radical (unpaired) electrons. The number of hydrogen-bond donors (Lipinski definition) is 4. The minimum Gasteiger partial charge on any atom is -0.401 e. The Hall–Kier alpha value is -2.94. The molecule has 0 amide bonds. The summed E-state index contributed by atoms with van der Waals surface area (Å²) in [6.45, 7) is 10.6. The van der Waals surface area contributed by atoms with Gasteiger partial charge in [0.15, 0.2) is 0 Å². The molecule has 36 heavy (non-hydrogen) atoms. The fraction of sp³-hybridized carbons (Fsp3) is 0.464. The van der Waals surface area contributed by atoms with E-state index in [4.69, 9.17) is 11.1 Å². The van der Waals surface area contributed by atoms with Crippen molar-refractivity contribution in [1.82, 2.24) is 20.5 Å². The maximum atomic E-state index is 14.0. The van der Waals surface area contributed by atoms with Crippen molar-refractivity contribution in [1.29, 1.82) is 5.41 Å². The van der Waals surface area contributed by atoms with Crippen molar-refractivity contribution >= 4 is 11.4 Å². The molecule has 7 nitrogen and oxygen atoms in total. The number of nitrogens with one attached hydrogen (secondary N) is 3. The first kappa shape index (κ1) is 27.6. The highest BCUT2D eigenvalue weighted by Gasteiger charge is 2.28. The van der Waals surface area contributed by atoms with E-state index >= 15 is 0 Å². The van der Waals surface area contributed by atoms with E-state index < -0.39 is 0 Å². The number of hydrogen-bond acceptors (Lipinski definition) is 7. The van der Waals surface area contributed by atoms with Gasteiger partial charge in [0.25, 0.3) is 0 Å². The van der Waals surface area contributed by atoms with Gasteiger partial charge in [0.1, 0.15) is 5.82 Å². The highest BCUT2D eigenvalue weighted by Crippen LogP contribution is 2.38. The van der Waals surface area contributed by atoms with Crippen molar-refractivity contribution in [2.75, 3.05) is 46.4 Å². The monoisotopic (exact) mass is 493 g/mol. The third-order valence-corrected chi connectivity index (χ3v) is 6.50. The second-order valence-corrected chi connectivity index (χ2v) is 9.31. The van der Waals surface area contributed by atoms with Gasteiger partial charge in [-0.2, -0.15) is 0 Å². The smallest absolute Gasteiger partial charge is 0.123 e. The molecule has 2 aliphatic rings. The summed E-state index contributed by atoms with van der Waals surface area (Å²) in [5.74, 6) is -0.212. The first-order valence-corrected chi connectivity index (χ1v) is 12.8. The van der Waals surface area contributed by atoms with Crippen LogP contribution in [-0.2, 0) is 0 Å². The van der Waals surface area contributed by atoms with Crippen molar-refractivity contribution in [3.63, 3.8) is 0 Å². The number of rotatable bonds is 7. The van der Waals surface area contributed by atoms with Crippen molar-refractivity contribution in [2.24, 2.45) is 10.7 Å². The quantitative estimate of drug-likeness (QED) is 0.438. The molecular weight excluding hydrogens is 453 g/mol. The molecule has 1 aromatic heterocycles. The Kier molecular flexibility index (Phi) is 10.7. The number of benzene rings is 1. The van der Waals surface area contributed by atoms with Crippen LogP contribution in [0.25, 0.3) is 11.1 Å². The first-order chi connectivity index (χ1) is 17.4. The van der Waals surface area contributed by atoms with Crippen LogP contribution in [0.15, 0.2) is 59.0 Å². The molecular formula is C28H40FN7. The molecule has 194 valence electrons. The lowest BCUT2D eigenvalue weighted by atomic mass is 9.78. The molecule has 2 heterocycles. The van der Waals surface area contributed by atoms with Gasteiger partial charge in [0.05, 0.1) is 6.67 Å². The number of halogens is 1. The fourth-order valence-electron chi connectivity index (χ4n) is 4.86. The zero-order chi connectivity index (χ0) is 25.9. The van der Waals surface area contributed by atoms with E-state index in [1.165, 1.54) is 45.2 Å². The van der Waals surface area contributed by atoms with Gasteiger partial charge in [0, 0.05) is 66.8 Å². The van der Waals surface area contributed by atoms with Crippen LogP contribution in [0.5, 0.6) is 0 Å². The molecule has 0 saturated carbocycles. The molecule has 1 fully saturated rings. The summed E-state index contributed by atoms with van der Waals surface area (Å²) in [5, 5.41) is 14.4. The second kappa shape index (κ2) is 14.0. The van der Waals surface area contributed by atoms with Crippen LogP contribution in [0.1, 0.15) is 44.6 Å². The second-order valence-electron chi connectivity index (χ2n) is 9.31. The zero-order valence-electron chi connectivity index (χ0n) is 21.8. The lowest BCUT2D eigenvalue weighted by Crippen LogP contribution is -2.43. The molecule has 1 unspecified atom stereocenters. The Morgan fingerprint density at radius 2 is 2.06 bits per heavy atom. The molecule has 2 aromatic rings. The van der Waals surface area contributed by atoms with Crippen molar-refractivity contribution in [3.8, 4) is 11.1 Å². The largest absolute Gasteiger partial charge is 0.401 e. The van der Waals surface area contributed by atoms with Crippen LogP contribution >= 0.6 is 0 Å². The summed E-state index contributed by atoms with van der Waals surface area (Å²) in [6, 6.07) is 8.63. The normalized spacial score (nSPS) is 19.7. The van der Waals surface area contributed by atoms with Crippen LogP contribution in [-0.4, -0.2) is 67.7 Å². The maximum Gasteiger partial charge on any atom is 0.123 e. The highest BCUT2D eigenvalue weighted by molar-refractivity contribution is 6.23. The van der Waals surface area contributed by atoms with E-state index in [9.17, 15) is 4.39 Å². The Labute approximate surface area is 214 Å². The molecule has 1 atom stereocenters. The van der Waals surface area contributed by atoms with Crippen LogP contribution in [0, 0.1) is 11.2 Å². The van der Waals surface area contributed by atoms with E-state index in [2.05, 4.69) is 32.4 Å². The van der Waals surface area contributed by atoms with Gasteiger partial charge in [-0.25, -0.2) is 4.39 Å². The number of aromatic nitrogens is 1. The summed E-state index contributed by atoms with van der Waals surface area (Å²) in [7, 11) is 1.83. The van der Waals surface area contributed by atoms with Gasteiger partial charge in [-0.1, -0.05) is 19.1 Å². The van der Waals surface area contributed by atoms with Crippen molar-refractivity contribution in [2.45, 2.75) is 39.0 Å². The molecule has 4 rings (SSSR count). The Balaban J connectivity index is 0.000000338. The highest BCUT2D eigenvalue weighted by atomic mass is 19.1. The van der Waals surface area contributed by atoms with Crippen LogP contribution in [0.3, 0.4) is 0 Å². The number of nitrogens with two attached hydrogens (primary N) is 1. The Morgan fingerprint density at radius 1 is 1.28 bits per heavy atom. The molecule has 0 spiro atoms. The van der Waals surface area contributed by atoms with Gasteiger partial charge in [0.2, 0.25) is 0 Å². The topological polar surface area (TPSA) is 102 Å². The minimum absolute atomic E-state index is 0.0690. The minimum atomic E-state index is -0.281. The average molecular weight is 494 g/mol. The molecule has 0 bridgehead atoms. The predicted molar refractivity (Wildman–Crippen MR) is 147 cm³/mol. The van der Waals surface area contributed by atoms with Gasteiger partial charge < -0.3 is 26.7 Å². The fourth-order valence-corrected chi connectivity index (χ4v) is 4.86. The van der Waals surface area contributed by atoms with Crippen LogP contribution < -0.4 is 16.4 Å². The molecule has 1 saturated heterocycles. The lowest BCUT2D eigenvalue weighted by Gasteiger charge is -2.28. The van der Waals surface area contributed by atoms with Gasteiger partial charge in [-0.05, 0) is 75.0 Å². The number of pyridine rings is 1. The average Bonchev–Trinajstić information content (AvgIpc) is 2.88. The summed E-state index contributed by atoms with van der Waals surface area (Å²) in [5.41, 5.74) is 11.7. The SMILES string of the molecule is CCCN1CCNCC1.CNC/N=C1/CC(c2ccc(F)cc2-c2cccnc2)CC(N)=C1C(C)=N. The Morgan fingerprint density at radius 3 is 2.69 bits per heavy atom. The summed E-state index contributed by atoms with van der Waals surface area (Å²) in [4.78, 5) is 11.3. The number of allylic oxidation sites excluding steroid dienone is 2. The first-order valence-electron chi connectivity index (χ1n) is 12.8. The molecule has 1 aromatic carbocycles. The van der Waals surface area contributed by atoms with Crippen LogP contribution in [0.2, 0.25) is 0 Å². The Bertz CT molecular complexity index is 1060. The lowest BCUT2D eigenvalue weighted by molar-refractivity contribution is 0.241. The molecule has 1 aliphatic heterocycles. The summed E-state index contributed by atoms with van der Waals surface area (Å²) >= 11 is 0. The predicted octanol–water partition coefficient (Wildman–Crippen LogP) is 3.94. The summed E-state index contributed by atoms with van der Waals surface area (Å²) in [6.07, 6.45) is 6.00. The van der Waals surface area contributed by atoms with Crippen molar-refractivity contribution < 1.29 is 4.39 Å². The summed E-state index contributed by atoms with van der Waals surface area (Å²) < 4.78 is 14.0. The maximum absolute atomic E-state index is 14.0. The standard InChI is InChI=1S/C21H24FN5.C7H16N2/c1-13(23)21-19(24)8-15(9-20(21)27-12-25-2)17-6-5-16(22)10-18(17)14-4-3-7-26-11-14;1-2-5-9-6-3-8-4-7-9/h3-7,10-11,15,23,25H,8-9,12,24H2,1-2H3;8H,2-7H2,1H3/b23-13?,27-20-;. The molecule has 8 heteroatoms. The van der Waals surface area contributed by atoms with Gasteiger partial charge >= 0.3 is 0 Å². The van der Waals surface area contributed by atoms with Gasteiger partial charge in [-0.15, -0.1) is 0 Å². The van der Waals surface area contributed by atoms with E-state index in [0.717, 1.165) is 28.0 Å². The van der Waals surface area contributed by atoms with Gasteiger partial charge in [-0.3, -0.25) is 9.98 Å². The zero-order valence-corrected chi connectivity index (χ0v) is 21.8. The van der Waals surface area contributed by atoms with E-state index in [-0.39, 0.29) is 11.7 Å². The van der Waals surface area contributed by atoms with E-state index in [1.807, 2.05) is 25.2 Å². The molecule has 5 N–H and O–H groups in total. The van der Waals surface area contributed by atoms with E-state index in [0.29, 0.717) is 30.9 Å². The third-order valence-electron chi connectivity index (χ3n) is 6.50. The molecule has 1 aliphatic carbocycles. The number of piperazine rings is 1.